The first-order valence-corrected chi connectivity index (χ1v) is 6.80. The average Bonchev–Trinajstić information content (AvgIpc) is 2.77. The number of benzene rings is 1. The minimum absolute atomic E-state index is 0.431. The highest BCUT2D eigenvalue weighted by Gasteiger charge is 2.15. The number of aliphatic imine (C=N–C) groups is 1. The third-order valence-electron chi connectivity index (χ3n) is 3.09. The van der Waals surface area contributed by atoms with Crippen molar-refractivity contribution >= 4 is 21.8 Å². The number of hydrogen-bond acceptors (Lipinski definition) is 2. The largest absolute Gasteiger partial charge is 0.308 e. The highest BCUT2D eigenvalue weighted by Crippen LogP contribution is 2.22. The first-order valence-electron chi connectivity index (χ1n) is 6.01. The summed E-state index contributed by atoms with van der Waals surface area (Å²) in [6.45, 7) is 2.07. The Morgan fingerprint density at radius 1 is 1.35 bits per heavy atom. The Labute approximate surface area is 111 Å². The molecule has 1 aromatic rings. The molecule has 1 aliphatic carbocycles. The van der Waals surface area contributed by atoms with Crippen LogP contribution in [0.25, 0.3) is 0 Å². The van der Waals surface area contributed by atoms with Gasteiger partial charge in [-0.3, -0.25) is 4.99 Å². The van der Waals surface area contributed by atoms with Gasteiger partial charge in [-0.1, -0.05) is 28.8 Å². The van der Waals surface area contributed by atoms with E-state index in [0.717, 1.165) is 15.9 Å². The van der Waals surface area contributed by atoms with E-state index in [2.05, 4.69) is 40.4 Å². The fraction of sp³-hybridized carbons (Fsp3) is 0.462. The molecule has 1 aromatic carbocycles. The van der Waals surface area contributed by atoms with E-state index in [-0.39, 0.29) is 0 Å². The maximum atomic E-state index is 5.59. The maximum absolute atomic E-state index is 5.59. The van der Waals surface area contributed by atoms with Crippen molar-refractivity contribution in [1.82, 2.24) is 5.43 Å². The Kier molecular flexibility index (Phi) is 4.18. The van der Waals surface area contributed by atoms with E-state index in [1.807, 2.05) is 6.07 Å². The summed E-state index contributed by atoms with van der Waals surface area (Å²) in [5.41, 5.74) is 4.97. The van der Waals surface area contributed by atoms with Crippen LogP contribution in [0.5, 0.6) is 0 Å². The van der Waals surface area contributed by atoms with E-state index in [1.54, 1.807) is 0 Å². The first-order chi connectivity index (χ1) is 8.19. The van der Waals surface area contributed by atoms with Crippen LogP contribution in [-0.2, 0) is 0 Å². The number of hydrogen-bond donors (Lipinski definition) is 2. The van der Waals surface area contributed by atoms with Gasteiger partial charge in [0.25, 0.3) is 0 Å². The summed E-state index contributed by atoms with van der Waals surface area (Å²) >= 11 is 3.50. The lowest BCUT2D eigenvalue weighted by Gasteiger charge is -2.10. The lowest BCUT2D eigenvalue weighted by atomic mass is 10.1. The van der Waals surface area contributed by atoms with Crippen LogP contribution in [0.1, 0.15) is 36.8 Å². The SMILES string of the molecule is Cc1cc(Br)cc(C(=NC2CCCC2)NN)c1. The number of rotatable bonds is 2. The van der Waals surface area contributed by atoms with Crippen LogP contribution in [0, 0.1) is 6.92 Å². The second kappa shape index (κ2) is 5.65. The number of nitrogens with zero attached hydrogens (tertiary/aromatic N) is 1. The van der Waals surface area contributed by atoms with Gasteiger partial charge in [-0.2, -0.15) is 0 Å². The molecular formula is C13H18BrN3. The summed E-state index contributed by atoms with van der Waals surface area (Å²) in [4.78, 5) is 4.71. The number of nitrogens with one attached hydrogen (secondary N) is 1. The molecule has 17 heavy (non-hydrogen) atoms. The van der Waals surface area contributed by atoms with Crippen molar-refractivity contribution in [2.24, 2.45) is 10.8 Å². The second-order valence-corrected chi connectivity index (χ2v) is 5.49. The summed E-state index contributed by atoms with van der Waals surface area (Å²) in [5.74, 6) is 6.38. The Morgan fingerprint density at radius 3 is 2.65 bits per heavy atom. The van der Waals surface area contributed by atoms with Gasteiger partial charge >= 0.3 is 0 Å². The molecule has 3 nitrogen and oxygen atoms in total. The van der Waals surface area contributed by atoms with Gasteiger partial charge in [0.1, 0.15) is 5.84 Å². The van der Waals surface area contributed by atoms with Crippen LogP contribution in [0.3, 0.4) is 0 Å². The molecule has 0 aromatic heterocycles. The number of aryl methyl sites for hydroxylation is 1. The zero-order chi connectivity index (χ0) is 12.3. The number of hydrazine groups is 1. The fourth-order valence-corrected chi connectivity index (χ4v) is 2.89. The van der Waals surface area contributed by atoms with Crippen molar-refractivity contribution in [3.63, 3.8) is 0 Å². The maximum Gasteiger partial charge on any atom is 0.142 e. The van der Waals surface area contributed by atoms with E-state index >= 15 is 0 Å². The van der Waals surface area contributed by atoms with Gasteiger partial charge < -0.3 is 5.43 Å². The van der Waals surface area contributed by atoms with E-state index in [9.17, 15) is 0 Å². The molecule has 1 fully saturated rings. The Hall–Kier alpha value is -0.870. The van der Waals surface area contributed by atoms with Crippen LogP contribution >= 0.6 is 15.9 Å². The molecule has 0 aliphatic heterocycles. The molecule has 0 saturated heterocycles. The predicted molar refractivity (Wildman–Crippen MR) is 75.0 cm³/mol. The van der Waals surface area contributed by atoms with Crippen LogP contribution in [0.2, 0.25) is 0 Å². The zero-order valence-electron chi connectivity index (χ0n) is 10.0. The molecule has 0 unspecified atom stereocenters. The highest BCUT2D eigenvalue weighted by atomic mass is 79.9. The number of halogens is 1. The van der Waals surface area contributed by atoms with Crippen LogP contribution in [0.4, 0.5) is 0 Å². The van der Waals surface area contributed by atoms with E-state index in [0.29, 0.717) is 6.04 Å². The van der Waals surface area contributed by atoms with E-state index < -0.39 is 0 Å². The lowest BCUT2D eigenvalue weighted by Crippen LogP contribution is -2.32. The molecule has 0 spiro atoms. The Balaban J connectivity index is 2.27. The van der Waals surface area contributed by atoms with Crippen LogP contribution in [-0.4, -0.2) is 11.9 Å². The minimum atomic E-state index is 0.431. The molecule has 1 saturated carbocycles. The third kappa shape index (κ3) is 3.30. The molecule has 0 radical (unpaired) electrons. The molecule has 3 N–H and O–H groups in total. The molecule has 2 rings (SSSR count). The average molecular weight is 296 g/mol. The Bertz CT molecular complexity index is 402. The molecule has 4 heteroatoms. The molecule has 1 aliphatic rings. The fourth-order valence-electron chi connectivity index (χ4n) is 2.28. The smallest absolute Gasteiger partial charge is 0.142 e. The van der Waals surface area contributed by atoms with Gasteiger partial charge in [0.15, 0.2) is 0 Å². The molecule has 0 atom stereocenters. The van der Waals surface area contributed by atoms with Crippen molar-refractivity contribution in [3.8, 4) is 0 Å². The van der Waals surface area contributed by atoms with Crippen LogP contribution in [0.15, 0.2) is 27.7 Å². The summed E-state index contributed by atoms with van der Waals surface area (Å²) < 4.78 is 1.06. The van der Waals surface area contributed by atoms with Gasteiger partial charge in [0.2, 0.25) is 0 Å². The van der Waals surface area contributed by atoms with Crippen molar-refractivity contribution in [2.75, 3.05) is 0 Å². The topological polar surface area (TPSA) is 50.4 Å². The highest BCUT2D eigenvalue weighted by molar-refractivity contribution is 9.10. The van der Waals surface area contributed by atoms with Crippen LogP contribution < -0.4 is 11.3 Å². The van der Waals surface area contributed by atoms with E-state index in [1.165, 1.54) is 31.2 Å². The van der Waals surface area contributed by atoms with Crippen molar-refractivity contribution in [1.29, 1.82) is 0 Å². The van der Waals surface area contributed by atoms with Gasteiger partial charge in [-0.25, -0.2) is 5.84 Å². The van der Waals surface area contributed by atoms with Crippen molar-refractivity contribution in [3.05, 3.63) is 33.8 Å². The molecular weight excluding hydrogens is 278 g/mol. The monoisotopic (exact) mass is 295 g/mol. The Morgan fingerprint density at radius 2 is 2.06 bits per heavy atom. The molecule has 92 valence electrons. The predicted octanol–water partition coefficient (Wildman–Crippen LogP) is 2.91. The normalized spacial score (nSPS) is 17.5. The van der Waals surface area contributed by atoms with Crippen molar-refractivity contribution in [2.45, 2.75) is 38.6 Å². The van der Waals surface area contributed by atoms with Gasteiger partial charge in [-0.05, 0) is 43.5 Å². The summed E-state index contributed by atoms with van der Waals surface area (Å²) in [6.07, 6.45) is 4.92. The summed E-state index contributed by atoms with van der Waals surface area (Å²) in [5, 5.41) is 0. The summed E-state index contributed by atoms with van der Waals surface area (Å²) in [7, 11) is 0. The van der Waals surface area contributed by atoms with Gasteiger partial charge in [0.05, 0.1) is 6.04 Å². The van der Waals surface area contributed by atoms with E-state index in [4.69, 9.17) is 10.8 Å². The second-order valence-electron chi connectivity index (χ2n) is 4.58. The number of nitrogens with two attached hydrogens (primary N) is 1. The quantitative estimate of drug-likeness (QED) is 0.381. The standard InChI is InChI=1S/C13H18BrN3/c1-9-6-10(8-11(14)7-9)13(17-15)16-12-4-2-3-5-12/h6-8,12H,2-5,15H2,1H3,(H,16,17). The third-order valence-corrected chi connectivity index (χ3v) is 3.55. The molecule has 0 bridgehead atoms. The zero-order valence-corrected chi connectivity index (χ0v) is 11.6. The summed E-state index contributed by atoms with van der Waals surface area (Å²) in [6, 6.07) is 6.65. The van der Waals surface area contributed by atoms with Gasteiger partial charge in [0, 0.05) is 10.0 Å². The lowest BCUT2D eigenvalue weighted by molar-refractivity contribution is 0.700. The van der Waals surface area contributed by atoms with Gasteiger partial charge in [-0.15, -0.1) is 0 Å². The number of amidine groups is 1. The minimum Gasteiger partial charge on any atom is -0.308 e. The van der Waals surface area contributed by atoms with Crippen molar-refractivity contribution < 1.29 is 0 Å². The molecule has 0 heterocycles. The molecule has 0 amide bonds. The first kappa shape index (κ1) is 12.6.